The number of ether oxygens (including phenoxy) is 2. The highest BCUT2D eigenvalue weighted by Crippen LogP contribution is 2.29. The van der Waals surface area contributed by atoms with Crippen molar-refractivity contribution in [2.24, 2.45) is 0 Å². The molecule has 0 bridgehead atoms. The summed E-state index contributed by atoms with van der Waals surface area (Å²) in [5.74, 6) is -3.11. The summed E-state index contributed by atoms with van der Waals surface area (Å²) >= 11 is 0. The smallest absolute Gasteiger partial charge is 0.426 e. The highest BCUT2D eigenvalue weighted by molar-refractivity contribution is 5.61. The predicted molar refractivity (Wildman–Crippen MR) is 105 cm³/mol. The van der Waals surface area contributed by atoms with E-state index in [4.69, 9.17) is 9.47 Å². The van der Waals surface area contributed by atoms with E-state index in [9.17, 15) is 22.4 Å². The predicted octanol–water partition coefficient (Wildman–Crippen LogP) is 7.56. The standard InChI is InChI=1S/C23H26F4O3/c1-3-5-7-21(15-9-17(24)13-18(25)10-15)29-23(28)30-22(8-6-4-2)16-11-19(26)14-20(27)12-16/h9-14,21-22H,3-8H2,1-2H3. The van der Waals surface area contributed by atoms with Crippen LogP contribution < -0.4 is 0 Å². The van der Waals surface area contributed by atoms with E-state index in [0.29, 0.717) is 25.7 Å². The van der Waals surface area contributed by atoms with Gasteiger partial charge in [-0.05, 0) is 61.1 Å². The number of carbonyl (C=O) groups is 1. The zero-order valence-electron chi connectivity index (χ0n) is 17.1. The third-order valence-corrected chi connectivity index (χ3v) is 4.63. The van der Waals surface area contributed by atoms with Crippen LogP contribution in [0, 0.1) is 23.3 Å². The maximum absolute atomic E-state index is 13.6. The van der Waals surface area contributed by atoms with Gasteiger partial charge in [-0.15, -0.1) is 0 Å². The zero-order valence-corrected chi connectivity index (χ0v) is 17.1. The Balaban J connectivity index is 2.18. The quantitative estimate of drug-likeness (QED) is 0.290. The summed E-state index contributed by atoms with van der Waals surface area (Å²) < 4.78 is 65.2. The third-order valence-electron chi connectivity index (χ3n) is 4.63. The fourth-order valence-corrected chi connectivity index (χ4v) is 3.15. The SMILES string of the molecule is CCCCC(OC(=O)OC(CCCC)c1cc(F)cc(F)c1)c1cc(F)cc(F)c1. The van der Waals surface area contributed by atoms with Crippen molar-refractivity contribution in [1.82, 2.24) is 0 Å². The summed E-state index contributed by atoms with van der Waals surface area (Å²) in [5, 5.41) is 0. The van der Waals surface area contributed by atoms with Crippen LogP contribution in [-0.2, 0) is 9.47 Å². The van der Waals surface area contributed by atoms with E-state index in [1.54, 1.807) is 0 Å². The molecule has 0 aromatic heterocycles. The van der Waals surface area contributed by atoms with Gasteiger partial charge in [-0.3, -0.25) is 0 Å². The first kappa shape index (κ1) is 23.7. The van der Waals surface area contributed by atoms with E-state index >= 15 is 0 Å². The molecule has 0 aliphatic rings. The maximum Gasteiger partial charge on any atom is 0.509 e. The van der Waals surface area contributed by atoms with Gasteiger partial charge < -0.3 is 9.47 Å². The number of carbonyl (C=O) groups excluding carboxylic acids is 1. The number of hydrogen-bond donors (Lipinski definition) is 0. The Labute approximate surface area is 174 Å². The molecule has 0 radical (unpaired) electrons. The molecule has 2 unspecified atom stereocenters. The monoisotopic (exact) mass is 426 g/mol. The van der Waals surface area contributed by atoms with Crippen LogP contribution in [0.2, 0.25) is 0 Å². The Morgan fingerprint density at radius 2 is 1.03 bits per heavy atom. The molecule has 0 N–H and O–H groups in total. The van der Waals surface area contributed by atoms with Crippen molar-refractivity contribution in [3.63, 3.8) is 0 Å². The highest BCUT2D eigenvalue weighted by Gasteiger charge is 2.23. The van der Waals surface area contributed by atoms with Crippen molar-refractivity contribution in [2.75, 3.05) is 0 Å². The highest BCUT2D eigenvalue weighted by atomic mass is 19.1. The molecule has 2 aromatic rings. The minimum atomic E-state index is -1.06. The molecule has 0 saturated carbocycles. The molecular formula is C23H26F4O3. The molecular weight excluding hydrogens is 400 g/mol. The first-order valence-electron chi connectivity index (χ1n) is 10.1. The number of hydrogen-bond acceptors (Lipinski definition) is 3. The van der Waals surface area contributed by atoms with Crippen LogP contribution in [0.25, 0.3) is 0 Å². The van der Waals surface area contributed by atoms with Gasteiger partial charge in [0.05, 0.1) is 0 Å². The van der Waals surface area contributed by atoms with Gasteiger partial charge in [-0.2, -0.15) is 0 Å². The molecule has 2 rings (SSSR count). The zero-order chi connectivity index (χ0) is 22.1. The molecule has 0 spiro atoms. The molecule has 0 aliphatic carbocycles. The largest absolute Gasteiger partial charge is 0.509 e. The van der Waals surface area contributed by atoms with Crippen LogP contribution in [0.4, 0.5) is 22.4 Å². The summed E-state index contributed by atoms with van der Waals surface area (Å²) in [6.07, 6.45) is 0.715. The van der Waals surface area contributed by atoms with E-state index in [1.807, 2.05) is 13.8 Å². The van der Waals surface area contributed by atoms with Crippen molar-refractivity contribution in [3.8, 4) is 0 Å². The first-order chi connectivity index (χ1) is 14.3. The lowest BCUT2D eigenvalue weighted by molar-refractivity contribution is -0.00880. The second kappa shape index (κ2) is 11.6. The van der Waals surface area contributed by atoms with Gasteiger partial charge in [-0.1, -0.05) is 26.7 Å². The Morgan fingerprint density at radius 3 is 1.33 bits per heavy atom. The van der Waals surface area contributed by atoms with Crippen molar-refractivity contribution in [1.29, 1.82) is 0 Å². The number of benzene rings is 2. The molecule has 2 aromatic carbocycles. The molecule has 0 fully saturated rings. The van der Waals surface area contributed by atoms with Gasteiger partial charge in [0.25, 0.3) is 0 Å². The number of rotatable bonds is 10. The Hall–Kier alpha value is -2.57. The molecule has 0 aliphatic heterocycles. The third kappa shape index (κ3) is 7.35. The van der Waals surface area contributed by atoms with Crippen LogP contribution >= 0.6 is 0 Å². The van der Waals surface area contributed by atoms with Crippen LogP contribution in [-0.4, -0.2) is 6.16 Å². The molecule has 0 saturated heterocycles. The van der Waals surface area contributed by atoms with Gasteiger partial charge in [0.2, 0.25) is 0 Å². The molecule has 7 heteroatoms. The van der Waals surface area contributed by atoms with Gasteiger partial charge in [0.15, 0.2) is 0 Å². The van der Waals surface area contributed by atoms with Crippen LogP contribution in [0.5, 0.6) is 0 Å². The van der Waals surface area contributed by atoms with E-state index in [-0.39, 0.29) is 11.1 Å². The molecule has 2 atom stereocenters. The fourth-order valence-electron chi connectivity index (χ4n) is 3.15. The minimum Gasteiger partial charge on any atom is -0.426 e. The number of halogens is 4. The van der Waals surface area contributed by atoms with Crippen molar-refractivity contribution >= 4 is 6.16 Å². The fraction of sp³-hybridized carbons (Fsp3) is 0.435. The van der Waals surface area contributed by atoms with E-state index in [2.05, 4.69) is 0 Å². The average molecular weight is 426 g/mol. The van der Waals surface area contributed by atoms with E-state index in [0.717, 1.165) is 49.2 Å². The molecule has 3 nitrogen and oxygen atoms in total. The normalized spacial score (nSPS) is 13.0. The molecule has 30 heavy (non-hydrogen) atoms. The molecule has 0 heterocycles. The maximum atomic E-state index is 13.6. The summed E-state index contributed by atoms with van der Waals surface area (Å²) in [5.41, 5.74) is 0.361. The minimum absolute atomic E-state index is 0.180. The average Bonchev–Trinajstić information content (AvgIpc) is 2.66. The lowest BCUT2D eigenvalue weighted by Crippen LogP contribution is -2.17. The second-order valence-electron chi connectivity index (χ2n) is 7.15. The Kier molecular flexibility index (Phi) is 9.15. The van der Waals surface area contributed by atoms with Gasteiger partial charge in [0, 0.05) is 12.1 Å². The second-order valence-corrected chi connectivity index (χ2v) is 7.15. The van der Waals surface area contributed by atoms with Crippen molar-refractivity contribution in [2.45, 2.75) is 64.6 Å². The van der Waals surface area contributed by atoms with E-state index < -0.39 is 41.6 Å². The summed E-state index contributed by atoms with van der Waals surface area (Å²) in [6.45, 7) is 3.86. The topological polar surface area (TPSA) is 35.5 Å². The summed E-state index contributed by atoms with van der Waals surface area (Å²) in [6, 6.07) is 5.89. The van der Waals surface area contributed by atoms with Crippen LogP contribution in [0.15, 0.2) is 36.4 Å². The summed E-state index contributed by atoms with van der Waals surface area (Å²) in [7, 11) is 0. The van der Waals surface area contributed by atoms with Crippen LogP contribution in [0.1, 0.15) is 75.7 Å². The Bertz CT molecular complexity index is 733. The van der Waals surface area contributed by atoms with Crippen molar-refractivity contribution in [3.05, 3.63) is 70.8 Å². The van der Waals surface area contributed by atoms with Gasteiger partial charge in [0.1, 0.15) is 35.5 Å². The Morgan fingerprint density at radius 1 is 0.700 bits per heavy atom. The van der Waals surface area contributed by atoms with Gasteiger partial charge >= 0.3 is 6.16 Å². The summed E-state index contributed by atoms with van der Waals surface area (Å²) in [4.78, 5) is 12.5. The first-order valence-corrected chi connectivity index (χ1v) is 10.1. The van der Waals surface area contributed by atoms with Crippen LogP contribution in [0.3, 0.4) is 0 Å². The number of unbranched alkanes of at least 4 members (excludes halogenated alkanes) is 2. The lowest BCUT2D eigenvalue weighted by atomic mass is 10.0. The van der Waals surface area contributed by atoms with Gasteiger partial charge in [-0.25, -0.2) is 22.4 Å². The van der Waals surface area contributed by atoms with E-state index in [1.165, 1.54) is 0 Å². The molecule has 0 amide bonds. The molecule has 164 valence electrons. The lowest BCUT2D eigenvalue weighted by Gasteiger charge is -2.22. The van der Waals surface area contributed by atoms with Crippen molar-refractivity contribution < 1.29 is 31.8 Å².